The monoisotopic (exact) mass is 303 g/mol. The average molecular weight is 303 g/mol. The van der Waals surface area contributed by atoms with Crippen molar-refractivity contribution in [2.45, 2.75) is 6.04 Å². The minimum Gasteiger partial charge on any atom is -0.452 e. The zero-order chi connectivity index (χ0) is 14.5. The van der Waals surface area contributed by atoms with Gasteiger partial charge in [0.25, 0.3) is 0 Å². The van der Waals surface area contributed by atoms with Crippen LogP contribution in [0.15, 0.2) is 30.3 Å². The van der Waals surface area contributed by atoms with Gasteiger partial charge in [-0.25, -0.2) is 9.52 Å². The highest BCUT2D eigenvalue weighted by atomic mass is 32.2. The molecular formula is C10H13N3O4S2. The minimum absolute atomic E-state index is 0.0681. The molecular weight excluding hydrogens is 290 g/mol. The highest BCUT2D eigenvalue weighted by molar-refractivity contribution is 7.88. The van der Waals surface area contributed by atoms with E-state index in [2.05, 4.69) is 9.46 Å². The first-order valence-electron chi connectivity index (χ1n) is 5.08. The van der Waals surface area contributed by atoms with E-state index in [1.165, 1.54) is 0 Å². The normalized spacial score (nSPS) is 12.5. The number of ether oxygens (including phenoxy) is 1. The second-order valence-corrected chi connectivity index (χ2v) is 5.38. The van der Waals surface area contributed by atoms with E-state index in [-0.39, 0.29) is 4.99 Å². The van der Waals surface area contributed by atoms with E-state index in [1.54, 1.807) is 35.1 Å². The molecule has 4 N–H and O–H groups in total. The van der Waals surface area contributed by atoms with Crippen LogP contribution in [-0.2, 0) is 14.9 Å². The van der Waals surface area contributed by atoms with E-state index in [9.17, 15) is 13.2 Å². The maximum absolute atomic E-state index is 11.6. The number of carbonyl (C=O) groups is 1. The van der Waals surface area contributed by atoms with Gasteiger partial charge in [-0.2, -0.15) is 13.1 Å². The van der Waals surface area contributed by atoms with Crippen LogP contribution in [0.5, 0.6) is 0 Å². The number of nitrogens with two attached hydrogens (primary N) is 1. The van der Waals surface area contributed by atoms with Crippen molar-refractivity contribution in [2.75, 3.05) is 7.11 Å². The molecule has 1 atom stereocenters. The molecule has 0 fully saturated rings. The molecule has 0 aliphatic heterocycles. The quantitative estimate of drug-likeness (QED) is 0.670. The average Bonchev–Trinajstić information content (AvgIpc) is 2.36. The van der Waals surface area contributed by atoms with Crippen molar-refractivity contribution in [1.29, 1.82) is 0 Å². The maximum Gasteiger partial charge on any atom is 0.421 e. The van der Waals surface area contributed by atoms with Gasteiger partial charge in [-0.05, 0) is 5.56 Å². The van der Waals surface area contributed by atoms with Crippen LogP contribution in [0.1, 0.15) is 11.6 Å². The van der Waals surface area contributed by atoms with Crippen molar-refractivity contribution in [3.05, 3.63) is 35.9 Å². The van der Waals surface area contributed by atoms with Gasteiger partial charge >= 0.3 is 16.3 Å². The van der Waals surface area contributed by atoms with Gasteiger partial charge < -0.3 is 10.5 Å². The zero-order valence-corrected chi connectivity index (χ0v) is 11.6. The third-order valence-electron chi connectivity index (χ3n) is 2.09. The van der Waals surface area contributed by atoms with Crippen LogP contribution in [0.2, 0.25) is 0 Å². The van der Waals surface area contributed by atoms with Crippen LogP contribution in [0.3, 0.4) is 0 Å². The molecule has 7 nitrogen and oxygen atoms in total. The Labute approximate surface area is 116 Å². The second-order valence-electron chi connectivity index (χ2n) is 3.46. The first-order chi connectivity index (χ1) is 8.85. The van der Waals surface area contributed by atoms with Crippen LogP contribution >= 0.6 is 12.2 Å². The summed E-state index contributed by atoms with van der Waals surface area (Å²) in [6.45, 7) is 0. The summed E-state index contributed by atoms with van der Waals surface area (Å²) in [5.41, 5.74) is 6.06. The van der Waals surface area contributed by atoms with E-state index >= 15 is 0 Å². The summed E-state index contributed by atoms with van der Waals surface area (Å²) >= 11 is 4.82. The lowest BCUT2D eigenvalue weighted by Crippen LogP contribution is -2.45. The summed E-state index contributed by atoms with van der Waals surface area (Å²) in [6, 6.07) is 7.58. The SMILES string of the molecule is COC(=O)NS(=O)(=O)NC(C(N)=S)c1ccccc1. The molecule has 1 aromatic carbocycles. The van der Waals surface area contributed by atoms with Crippen LogP contribution in [0, 0.1) is 0 Å². The minimum atomic E-state index is -4.13. The van der Waals surface area contributed by atoms with Crippen LogP contribution in [0.4, 0.5) is 4.79 Å². The Morgan fingerprint density at radius 2 is 1.95 bits per heavy atom. The fourth-order valence-electron chi connectivity index (χ4n) is 1.27. The molecule has 0 radical (unpaired) electrons. The van der Waals surface area contributed by atoms with Crippen LogP contribution in [-0.4, -0.2) is 26.6 Å². The summed E-state index contributed by atoms with van der Waals surface area (Å²) in [5, 5.41) is 0. The molecule has 104 valence electrons. The second kappa shape index (κ2) is 6.45. The zero-order valence-electron chi connectivity index (χ0n) is 9.99. The number of amides is 1. The van der Waals surface area contributed by atoms with E-state index in [1.807, 2.05) is 0 Å². The Balaban J connectivity index is 2.92. The molecule has 0 aromatic heterocycles. The smallest absolute Gasteiger partial charge is 0.421 e. The van der Waals surface area contributed by atoms with E-state index < -0.39 is 22.3 Å². The van der Waals surface area contributed by atoms with Gasteiger partial charge in [0.05, 0.1) is 18.1 Å². The van der Waals surface area contributed by atoms with Gasteiger partial charge in [0, 0.05) is 0 Å². The van der Waals surface area contributed by atoms with E-state index in [4.69, 9.17) is 18.0 Å². The fourth-order valence-corrected chi connectivity index (χ4v) is 2.48. The van der Waals surface area contributed by atoms with Crippen LogP contribution < -0.4 is 15.2 Å². The third kappa shape index (κ3) is 4.81. The number of benzene rings is 1. The van der Waals surface area contributed by atoms with Crippen molar-refractivity contribution in [2.24, 2.45) is 5.73 Å². The molecule has 19 heavy (non-hydrogen) atoms. The summed E-state index contributed by atoms with van der Waals surface area (Å²) in [7, 11) is -3.08. The molecule has 0 heterocycles. The molecule has 9 heteroatoms. The summed E-state index contributed by atoms with van der Waals surface area (Å²) in [6.07, 6.45) is -1.11. The Morgan fingerprint density at radius 3 is 2.42 bits per heavy atom. The molecule has 0 bridgehead atoms. The number of rotatable bonds is 5. The first-order valence-corrected chi connectivity index (χ1v) is 6.97. The molecule has 0 saturated carbocycles. The summed E-state index contributed by atoms with van der Waals surface area (Å²) in [5.74, 6) is 0. The number of nitrogens with one attached hydrogen (secondary N) is 2. The Morgan fingerprint density at radius 1 is 1.37 bits per heavy atom. The number of hydrogen-bond donors (Lipinski definition) is 3. The number of carbonyl (C=O) groups excluding carboxylic acids is 1. The number of methoxy groups -OCH3 is 1. The lowest BCUT2D eigenvalue weighted by molar-refractivity contribution is 0.177. The molecule has 0 aliphatic carbocycles. The predicted octanol–water partition coefficient (Wildman–Crippen LogP) is 0.204. The summed E-state index contributed by atoms with van der Waals surface area (Å²) in [4.78, 5) is 10.8. The number of thiocarbonyl (C=S) groups is 1. The highest BCUT2D eigenvalue weighted by Crippen LogP contribution is 2.13. The van der Waals surface area contributed by atoms with E-state index in [0.717, 1.165) is 7.11 Å². The van der Waals surface area contributed by atoms with Crippen molar-refractivity contribution in [1.82, 2.24) is 9.44 Å². The van der Waals surface area contributed by atoms with Gasteiger partial charge in [-0.1, -0.05) is 42.5 Å². The topological polar surface area (TPSA) is 111 Å². The third-order valence-corrected chi connectivity index (χ3v) is 3.31. The molecule has 1 amide bonds. The van der Waals surface area contributed by atoms with Gasteiger partial charge in [0.15, 0.2) is 0 Å². The summed E-state index contributed by atoms with van der Waals surface area (Å²) < 4.78 is 31.3. The Bertz CT molecular complexity index is 559. The van der Waals surface area contributed by atoms with Crippen molar-refractivity contribution in [3.63, 3.8) is 0 Å². The molecule has 1 aromatic rings. The Hall–Kier alpha value is -1.71. The molecule has 1 rings (SSSR count). The lowest BCUT2D eigenvalue weighted by atomic mass is 10.1. The molecule has 1 unspecified atom stereocenters. The van der Waals surface area contributed by atoms with Crippen LogP contribution in [0.25, 0.3) is 0 Å². The molecule has 0 aliphatic rings. The van der Waals surface area contributed by atoms with Crippen molar-refractivity contribution >= 4 is 33.5 Å². The largest absolute Gasteiger partial charge is 0.452 e. The lowest BCUT2D eigenvalue weighted by Gasteiger charge is -2.17. The maximum atomic E-state index is 11.6. The molecule has 0 saturated heterocycles. The van der Waals surface area contributed by atoms with Gasteiger partial charge in [0.2, 0.25) is 0 Å². The van der Waals surface area contributed by atoms with Gasteiger partial charge in [-0.3, -0.25) is 0 Å². The predicted molar refractivity (Wildman–Crippen MR) is 73.6 cm³/mol. The Kier molecular flexibility index (Phi) is 5.21. The standard InChI is InChI=1S/C10H13N3O4S2/c1-17-10(14)13-19(15,16)12-8(9(11)18)7-5-3-2-4-6-7/h2-6,8,12H,1H3,(H2,11,18)(H,13,14). The molecule has 0 spiro atoms. The van der Waals surface area contributed by atoms with Gasteiger partial charge in [0.1, 0.15) is 0 Å². The fraction of sp³-hybridized carbons (Fsp3) is 0.200. The van der Waals surface area contributed by atoms with Crippen molar-refractivity contribution in [3.8, 4) is 0 Å². The number of hydrogen-bond acceptors (Lipinski definition) is 5. The first kappa shape index (κ1) is 15.3. The van der Waals surface area contributed by atoms with Crippen molar-refractivity contribution < 1.29 is 17.9 Å². The van der Waals surface area contributed by atoms with Gasteiger partial charge in [-0.15, -0.1) is 0 Å². The van der Waals surface area contributed by atoms with E-state index in [0.29, 0.717) is 5.56 Å². The highest BCUT2D eigenvalue weighted by Gasteiger charge is 2.23.